The first-order valence-electron chi connectivity index (χ1n) is 5.81. The third-order valence-electron chi connectivity index (χ3n) is 3.65. The van der Waals surface area contributed by atoms with Gasteiger partial charge in [0.2, 0.25) is 0 Å². The summed E-state index contributed by atoms with van der Waals surface area (Å²) >= 11 is 0. The molecule has 84 valence electrons. The highest BCUT2D eigenvalue weighted by molar-refractivity contribution is 6.02. The topological polar surface area (TPSA) is 20.3 Å². The highest BCUT2D eigenvalue weighted by Crippen LogP contribution is 2.42. The summed E-state index contributed by atoms with van der Waals surface area (Å²) < 4.78 is 0. The van der Waals surface area contributed by atoms with Crippen molar-refractivity contribution in [1.29, 1.82) is 0 Å². The number of hydrogen-bond acceptors (Lipinski definition) is 1. The van der Waals surface area contributed by atoms with Gasteiger partial charge in [-0.3, -0.25) is 4.79 Å². The molecule has 0 spiro atoms. The molecule has 2 rings (SSSR count). The maximum atomic E-state index is 12.2. The van der Waals surface area contributed by atoms with Crippen molar-refractivity contribution in [2.75, 3.05) is 6.54 Å². The lowest BCUT2D eigenvalue weighted by molar-refractivity contribution is -0.130. The maximum Gasteiger partial charge on any atom is 0.255 e. The Morgan fingerprint density at radius 3 is 2.88 bits per heavy atom. The lowest BCUT2D eigenvalue weighted by atomic mass is 9.84. The van der Waals surface area contributed by atoms with E-state index in [-0.39, 0.29) is 11.4 Å². The van der Waals surface area contributed by atoms with Gasteiger partial charge in [0.25, 0.3) is 5.91 Å². The van der Waals surface area contributed by atoms with Crippen molar-refractivity contribution in [3.05, 3.63) is 23.3 Å². The minimum Gasteiger partial charge on any atom is -0.328 e. The monoisotopic (exact) mass is 215 g/mol. The molecule has 0 radical (unpaired) electrons. The van der Waals surface area contributed by atoms with Crippen LogP contribution in [0, 0.1) is 12.3 Å². The van der Waals surface area contributed by atoms with Crippen molar-refractivity contribution in [2.45, 2.75) is 38.6 Å². The summed E-state index contributed by atoms with van der Waals surface area (Å²) in [4.78, 5) is 14.2. The minimum absolute atomic E-state index is 0.105. The number of nitrogens with zero attached hydrogens (tertiary/aromatic N) is 1. The second kappa shape index (κ2) is 3.83. The molecule has 2 aliphatic heterocycles. The van der Waals surface area contributed by atoms with Crippen LogP contribution in [0.4, 0.5) is 0 Å². The normalized spacial score (nSPS) is 29.8. The number of amides is 1. The molecule has 1 atom stereocenters. The van der Waals surface area contributed by atoms with E-state index in [9.17, 15) is 4.79 Å². The van der Waals surface area contributed by atoms with Gasteiger partial charge in [0, 0.05) is 12.1 Å². The first kappa shape index (κ1) is 11.0. The van der Waals surface area contributed by atoms with Gasteiger partial charge in [-0.2, -0.15) is 0 Å². The zero-order valence-electron chi connectivity index (χ0n) is 9.92. The number of carbonyl (C=O) groups is 1. The molecular weight excluding hydrogens is 198 g/mol. The first-order valence-corrected chi connectivity index (χ1v) is 5.81. The van der Waals surface area contributed by atoms with Crippen LogP contribution in [0.3, 0.4) is 0 Å². The molecule has 0 aromatic rings. The number of terminal acetylenes is 1. The lowest BCUT2D eigenvalue weighted by Crippen LogP contribution is -2.48. The molecule has 0 aromatic carbocycles. The van der Waals surface area contributed by atoms with Gasteiger partial charge < -0.3 is 4.90 Å². The fourth-order valence-electron chi connectivity index (χ4n) is 2.80. The zero-order valence-corrected chi connectivity index (χ0v) is 9.92. The average Bonchev–Trinajstić information content (AvgIpc) is 2.48. The van der Waals surface area contributed by atoms with Crippen molar-refractivity contribution >= 4 is 5.91 Å². The van der Waals surface area contributed by atoms with Crippen molar-refractivity contribution in [3.8, 4) is 12.3 Å². The smallest absolute Gasteiger partial charge is 0.255 e. The molecule has 0 bridgehead atoms. The number of piperidine rings is 1. The van der Waals surface area contributed by atoms with Crippen LogP contribution >= 0.6 is 0 Å². The number of allylic oxidation sites excluding steroid dienone is 1. The minimum atomic E-state index is -0.223. The third kappa shape index (κ3) is 1.31. The number of rotatable bonds is 1. The molecule has 0 aromatic heterocycles. The van der Waals surface area contributed by atoms with Crippen LogP contribution < -0.4 is 0 Å². The van der Waals surface area contributed by atoms with Crippen LogP contribution in [-0.2, 0) is 4.79 Å². The maximum absolute atomic E-state index is 12.2. The Bertz CT molecular complexity index is 425. The van der Waals surface area contributed by atoms with Crippen LogP contribution in [0.25, 0.3) is 0 Å². The highest BCUT2D eigenvalue weighted by atomic mass is 16.2. The Hall–Kier alpha value is -1.49. The first-order chi connectivity index (χ1) is 7.65. The second-order valence-corrected chi connectivity index (χ2v) is 4.62. The van der Waals surface area contributed by atoms with E-state index < -0.39 is 0 Å². The second-order valence-electron chi connectivity index (χ2n) is 4.62. The number of fused-ring (bicyclic) bond motifs is 1. The van der Waals surface area contributed by atoms with E-state index in [1.807, 2.05) is 24.0 Å². The zero-order chi connectivity index (χ0) is 11.8. The highest BCUT2D eigenvalue weighted by Gasteiger charge is 2.47. The Labute approximate surface area is 97.0 Å². The van der Waals surface area contributed by atoms with Crippen molar-refractivity contribution in [2.24, 2.45) is 0 Å². The van der Waals surface area contributed by atoms with Gasteiger partial charge in [0.05, 0.1) is 11.1 Å². The molecule has 1 fully saturated rings. The van der Waals surface area contributed by atoms with Gasteiger partial charge in [-0.25, -0.2) is 0 Å². The van der Waals surface area contributed by atoms with E-state index in [0.29, 0.717) is 0 Å². The van der Waals surface area contributed by atoms with Crippen LogP contribution in [-0.4, -0.2) is 22.9 Å². The summed E-state index contributed by atoms with van der Waals surface area (Å²) in [5.41, 5.74) is 1.36. The molecule has 1 saturated heterocycles. The van der Waals surface area contributed by atoms with Crippen molar-refractivity contribution in [1.82, 2.24) is 4.90 Å². The van der Waals surface area contributed by atoms with E-state index in [4.69, 9.17) is 6.42 Å². The summed E-state index contributed by atoms with van der Waals surface area (Å²) in [6.07, 6.45) is 12.5. The summed E-state index contributed by atoms with van der Waals surface area (Å²) in [5, 5.41) is 0. The fourth-order valence-corrected chi connectivity index (χ4v) is 2.80. The quantitative estimate of drug-likeness (QED) is 0.614. The van der Waals surface area contributed by atoms with E-state index in [1.165, 1.54) is 0 Å². The SMILES string of the molecule is C#CC1=C(/C=C\C)C(=O)N2CCCCC12C. The average molecular weight is 215 g/mol. The van der Waals surface area contributed by atoms with Crippen LogP contribution in [0.5, 0.6) is 0 Å². The standard InChI is InChI=1S/C14H17NO/c1-4-8-11-12(5-2)14(3)9-6-7-10-15(14)13(11)16/h2,4,8H,6-7,9-10H2,1,3H3/b8-4-. The van der Waals surface area contributed by atoms with Crippen molar-refractivity contribution in [3.63, 3.8) is 0 Å². The molecule has 0 saturated carbocycles. The van der Waals surface area contributed by atoms with Gasteiger partial charge in [0.15, 0.2) is 0 Å². The van der Waals surface area contributed by atoms with Gasteiger partial charge in [0.1, 0.15) is 0 Å². The Balaban J connectivity index is 2.53. The van der Waals surface area contributed by atoms with Gasteiger partial charge >= 0.3 is 0 Å². The summed E-state index contributed by atoms with van der Waals surface area (Å²) in [7, 11) is 0. The van der Waals surface area contributed by atoms with E-state index in [1.54, 1.807) is 0 Å². The number of carbonyl (C=O) groups excluding carboxylic acids is 1. The predicted molar refractivity (Wildman–Crippen MR) is 64.6 cm³/mol. The molecule has 1 amide bonds. The largest absolute Gasteiger partial charge is 0.328 e. The summed E-state index contributed by atoms with van der Waals surface area (Å²) in [6, 6.07) is 0. The van der Waals surface area contributed by atoms with Gasteiger partial charge in [-0.05, 0) is 33.1 Å². The van der Waals surface area contributed by atoms with E-state index in [2.05, 4.69) is 12.8 Å². The van der Waals surface area contributed by atoms with Gasteiger partial charge in [-0.15, -0.1) is 6.42 Å². The number of hydrogen-bond donors (Lipinski definition) is 0. The summed E-state index contributed by atoms with van der Waals surface area (Å²) in [5.74, 6) is 2.84. The molecule has 0 aliphatic carbocycles. The van der Waals surface area contributed by atoms with Crippen LogP contribution in [0.1, 0.15) is 33.1 Å². The molecule has 2 aliphatic rings. The Kier molecular flexibility index (Phi) is 2.63. The molecule has 1 unspecified atom stereocenters. The van der Waals surface area contributed by atoms with Crippen LogP contribution in [0.2, 0.25) is 0 Å². The molecule has 2 heterocycles. The molecule has 16 heavy (non-hydrogen) atoms. The lowest BCUT2D eigenvalue weighted by Gasteiger charge is -2.40. The van der Waals surface area contributed by atoms with Crippen LogP contribution in [0.15, 0.2) is 23.3 Å². The van der Waals surface area contributed by atoms with Gasteiger partial charge in [-0.1, -0.05) is 18.1 Å². The fraction of sp³-hybridized carbons (Fsp3) is 0.500. The Morgan fingerprint density at radius 1 is 1.50 bits per heavy atom. The molecular formula is C14H17NO. The van der Waals surface area contributed by atoms with Crippen molar-refractivity contribution < 1.29 is 4.79 Å². The molecule has 2 heteroatoms. The molecule has 0 N–H and O–H groups in total. The Morgan fingerprint density at radius 2 is 2.25 bits per heavy atom. The molecule has 2 nitrogen and oxygen atoms in total. The van der Waals surface area contributed by atoms with E-state index in [0.717, 1.165) is 37.0 Å². The third-order valence-corrected chi connectivity index (χ3v) is 3.65. The predicted octanol–water partition coefficient (Wildman–Crippen LogP) is 2.28. The van der Waals surface area contributed by atoms with E-state index >= 15 is 0 Å². The summed E-state index contributed by atoms with van der Waals surface area (Å²) in [6.45, 7) is 4.84.